The Morgan fingerprint density at radius 1 is 1.17 bits per heavy atom. The topological polar surface area (TPSA) is 66.6 Å². The molecule has 0 aromatic carbocycles. The van der Waals surface area contributed by atoms with Crippen LogP contribution in [-0.4, -0.2) is 55.3 Å². The molecule has 5 nitrogen and oxygen atoms in total. The summed E-state index contributed by atoms with van der Waals surface area (Å²) in [6.45, 7) is 6.09. The summed E-state index contributed by atoms with van der Waals surface area (Å²) in [6.07, 6.45) is 5.78. The number of nitrogens with two attached hydrogens (primary N) is 1. The van der Waals surface area contributed by atoms with Crippen molar-refractivity contribution >= 4 is 12.3 Å². The normalized spacial score (nSPS) is 15.8. The molecule has 5 heteroatoms. The predicted octanol–water partition coefficient (Wildman–Crippen LogP) is 0.832. The van der Waals surface area contributed by atoms with Crippen LogP contribution in [0.5, 0.6) is 0 Å². The maximum atomic E-state index is 11.8. The summed E-state index contributed by atoms with van der Waals surface area (Å²) < 4.78 is 0. The molecule has 106 valence electrons. The number of rotatable bonds is 5. The highest BCUT2D eigenvalue weighted by Crippen LogP contribution is 2.07. The van der Waals surface area contributed by atoms with Crippen LogP contribution in [0.25, 0.3) is 0 Å². The number of unbranched alkanes of at least 4 members (excludes halogenated alkanes) is 3. The van der Waals surface area contributed by atoms with E-state index in [9.17, 15) is 4.79 Å². The summed E-state index contributed by atoms with van der Waals surface area (Å²) in [4.78, 5) is 24.7. The van der Waals surface area contributed by atoms with Gasteiger partial charge < -0.3 is 15.5 Å². The zero-order chi connectivity index (χ0) is 13.8. The molecule has 0 aliphatic carbocycles. The largest absolute Gasteiger partial charge is 0.372 e. The van der Waals surface area contributed by atoms with Gasteiger partial charge in [0.25, 0.3) is 0 Å². The minimum atomic E-state index is 0.250. The minimum Gasteiger partial charge on any atom is -0.372 e. The summed E-state index contributed by atoms with van der Waals surface area (Å²) in [7, 11) is 2.11. The van der Waals surface area contributed by atoms with Crippen LogP contribution in [0, 0.1) is 0 Å². The average Bonchev–Trinajstić information content (AvgIpc) is 2.36. The van der Waals surface area contributed by atoms with Gasteiger partial charge in [0.1, 0.15) is 0 Å². The molecule has 1 saturated heterocycles. The number of nitrogens with zero attached hydrogens (tertiary/aromatic N) is 2. The third-order valence-electron chi connectivity index (χ3n) is 3.10. The zero-order valence-corrected chi connectivity index (χ0v) is 11.7. The van der Waals surface area contributed by atoms with Crippen LogP contribution in [0.4, 0.5) is 0 Å². The Labute approximate surface area is 110 Å². The van der Waals surface area contributed by atoms with Gasteiger partial charge in [-0.1, -0.05) is 26.2 Å². The fourth-order valence-corrected chi connectivity index (χ4v) is 1.92. The monoisotopic (exact) mass is 257 g/mol. The summed E-state index contributed by atoms with van der Waals surface area (Å²) in [5.74, 6) is 0.360. The molecular formula is C13H27N3O2. The highest BCUT2D eigenvalue weighted by Gasteiger charge is 2.17. The Hall–Kier alpha value is -1.10. The Bertz CT molecular complexity index is 226. The van der Waals surface area contributed by atoms with Crippen molar-refractivity contribution in [3.8, 4) is 0 Å². The molecule has 18 heavy (non-hydrogen) atoms. The van der Waals surface area contributed by atoms with Gasteiger partial charge in [-0.25, -0.2) is 0 Å². The van der Waals surface area contributed by atoms with E-state index in [0.29, 0.717) is 5.91 Å². The lowest BCUT2D eigenvalue weighted by Gasteiger charge is -2.32. The van der Waals surface area contributed by atoms with Crippen molar-refractivity contribution in [3.05, 3.63) is 0 Å². The van der Waals surface area contributed by atoms with Gasteiger partial charge in [-0.15, -0.1) is 0 Å². The van der Waals surface area contributed by atoms with Gasteiger partial charge >= 0.3 is 0 Å². The van der Waals surface area contributed by atoms with Gasteiger partial charge in [-0.3, -0.25) is 9.59 Å². The van der Waals surface area contributed by atoms with Gasteiger partial charge in [-0.2, -0.15) is 0 Å². The van der Waals surface area contributed by atoms with Crippen LogP contribution in [0.2, 0.25) is 0 Å². The van der Waals surface area contributed by atoms with Crippen molar-refractivity contribution in [3.63, 3.8) is 0 Å². The van der Waals surface area contributed by atoms with Crippen molar-refractivity contribution in [1.82, 2.24) is 9.80 Å². The lowest BCUT2D eigenvalue weighted by Crippen LogP contribution is -2.47. The molecule has 1 rings (SSSR count). The van der Waals surface area contributed by atoms with E-state index in [-0.39, 0.29) is 6.41 Å². The quantitative estimate of drug-likeness (QED) is 0.586. The average molecular weight is 257 g/mol. The number of hydrogen-bond donors (Lipinski definition) is 1. The SMILES string of the molecule is CCCCCCC(=O)N1CCN(C)CC1.NC=O. The smallest absolute Gasteiger partial charge is 0.222 e. The minimum absolute atomic E-state index is 0.250. The molecule has 1 aliphatic heterocycles. The maximum Gasteiger partial charge on any atom is 0.222 e. The second kappa shape index (κ2) is 11.0. The number of carbonyl (C=O) groups is 2. The molecule has 0 spiro atoms. The van der Waals surface area contributed by atoms with E-state index in [1.54, 1.807) is 0 Å². The third-order valence-corrected chi connectivity index (χ3v) is 3.10. The molecule has 2 amide bonds. The molecule has 1 heterocycles. The number of amides is 2. The standard InChI is InChI=1S/C12H24N2O.CH3NO/c1-3-4-5-6-7-12(15)14-10-8-13(2)9-11-14;2-1-3/h3-11H2,1-2H3;1H,(H2,2,3). The Balaban J connectivity index is 0.000000873. The molecule has 0 unspecified atom stereocenters. The summed E-state index contributed by atoms with van der Waals surface area (Å²) in [6, 6.07) is 0. The van der Waals surface area contributed by atoms with Gasteiger partial charge in [0.15, 0.2) is 0 Å². The summed E-state index contributed by atoms with van der Waals surface area (Å²) in [5.41, 5.74) is 4.17. The Morgan fingerprint density at radius 3 is 2.22 bits per heavy atom. The van der Waals surface area contributed by atoms with E-state index < -0.39 is 0 Å². The van der Waals surface area contributed by atoms with Gasteiger partial charge in [0, 0.05) is 32.6 Å². The van der Waals surface area contributed by atoms with E-state index in [1.807, 2.05) is 4.90 Å². The van der Waals surface area contributed by atoms with E-state index in [1.165, 1.54) is 19.3 Å². The van der Waals surface area contributed by atoms with Crippen molar-refractivity contribution in [2.24, 2.45) is 5.73 Å². The predicted molar refractivity (Wildman–Crippen MR) is 73.1 cm³/mol. The van der Waals surface area contributed by atoms with Gasteiger partial charge in [0.2, 0.25) is 12.3 Å². The molecule has 0 aromatic rings. The van der Waals surface area contributed by atoms with Gasteiger partial charge in [-0.05, 0) is 13.5 Å². The van der Waals surface area contributed by atoms with E-state index >= 15 is 0 Å². The number of hydrogen-bond acceptors (Lipinski definition) is 3. The lowest BCUT2D eigenvalue weighted by molar-refractivity contribution is -0.132. The molecule has 0 bridgehead atoms. The highest BCUT2D eigenvalue weighted by atomic mass is 16.2. The fourth-order valence-electron chi connectivity index (χ4n) is 1.92. The summed E-state index contributed by atoms with van der Waals surface area (Å²) in [5, 5.41) is 0. The molecule has 1 fully saturated rings. The molecule has 0 radical (unpaired) electrons. The molecule has 0 atom stereocenters. The number of primary amides is 1. The number of piperazine rings is 1. The second-order valence-electron chi connectivity index (χ2n) is 4.63. The van der Waals surface area contributed by atoms with Crippen LogP contribution >= 0.6 is 0 Å². The van der Waals surface area contributed by atoms with E-state index in [2.05, 4.69) is 24.6 Å². The maximum absolute atomic E-state index is 11.8. The van der Waals surface area contributed by atoms with E-state index in [4.69, 9.17) is 4.79 Å². The molecular weight excluding hydrogens is 230 g/mol. The zero-order valence-electron chi connectivity index (χ0n) is 11.7. The highest BCUT2D eigenvalue weighted by molar-refractivity contribution is 5.76. The van der Waals surface area contributed by atoms with Crippen LogP contribution in [0.3, 0.4) is 0 Å². The molecule has 0 aromatic heterocycles. The first-order valence-electron chi connectivity index (χ1n) is 6.77. The third kappa shape index (κ3) is 8.06. The molecule has 1 aliphatic rings. The first-order chi connectivity index (χ1) is 8.65. The Kier molecular flexibility index (Phi) is 10.3. The van der Waals surface area contributed by atoms with Crippen molar-refractivity contribution < 1.29 is 9.59 Å². The van der Waals surface area contributed by atoms with E-state index in [0.717, 1.165) is 39.0 Å². The Morgan fingerprint density at radius 2 is 1.72 bits per heavy atom. The fraction of sp³-hybridized carbons (Fsp3) is 0.846. The summed E-state index contributed by atoms with van der Waals surface area (Å²) >= 11 is 0. The van der Waals surface area contributed by atoms with Crippen LogP contribution in [0.1, 0.15) is 39.0 Å². The van der Waals surface area contributed by atoms with Crippen LogP contribution < -0.4 is 5.73 Å². The lowest BCUT2D eigenvalue weighted by atomic mass is 10.1. The second-order valence-corrected chi connectivity index (χ2v) is 4.63. The first kappa shape index (κ1) is 16.9. The molecule has 2 N–H and O–H groups in total. The van der Waals surface area contributed by atoms with Crippen LogP contribution in [-0.2, 0) is 9.59 Å². The van der Waals surface area contributed by atoms with Crippen molar-refractivity contribution in [2.75, 3.05) is 33.2 Å². The van der Waals surface area contributed by atoms with Crippen molar-refractivity contribution in [2.45, 2.75) is 39.0 Å². The first-order valence-corrected chi connectivity index (χ1v) is 6.77. The van der Waals surface area contributed by atoms with Crippen molar-refractivity contribution in [1.29, 1.82) is 0 Å². The number of carbonyl (C=O) groups excluding carboxylic acids is 2. The number of likely N-dealkylation sites (N-methyl/N-ethyl adjacent to an activating group) is 1. The van der Waals surface area contributed by atoms with Crippen LogP contribution in [0.15, 0.2) is 0 Å². The van der Waals surface area contributed by atoms with Gasteiger partial charge in [0.05, 0.1) is 0 Å². The molecule has 0 saturated carbocycles.